The third kappa shape index (κ3) is 11.6. The van der Waals surface area contributed by atoms with Gasteiger partial charge in [0.2, 0.25) is 11.8 Å². The minimum atomic E-state index is -0.577. The Morgan fingerprint density at radius 1 is 0.963 bits per heavy atom. The molecule has 27 heavy (non-hydrogen) atoms. The molecule has 0 saturated heterocycles. The Bertz CT molecular complexity index is 489. The standard InChI is InChI=1S/C21H38N2O4/c1-7-8-9-18(13-24)23-21(27)17(10-14(2)3)12-20(26)19(11-15(4)5)22-16(6)25/h13-15,17-19H,7-12H2,1-6H3,(H,22,25)(H,23,27)/t17?,18-,19-/m0/s1. The van der Waals surface area contributed by atoms with Gasteiger partial charge in [0, 0.05) is 19.3 Å². The highest BCUT2D eigenvalue weighted by Gasteiger charge is 2.29. The SMILES string of the molecule is CCCC[C@@H](C=O)NC(=O)C(CC(=O)[C@H](CC(C)C)NC(C)=O)CC(C)C. The van der Waals surface area contributed by atoms with E-state index in [1.54, 1.807) is 0 Å². The predicted octanol–water partition coefficient (Wildman–Crippen LogP) is 3.03. The molecular weight excluding hydrogens is 344 g/mol. The Kier molecular flexibility index (Phi) is 12.6. The van der Waals surface area contributed by atoms with Crippen molar-refractivity contribution in [2.75, 3.05) is 0 Å². The number of aldehydes is 1. The molecule has 1 unspecified atom stereocenters. The summed E-state index contributed by atoms with van der Waals surface area (Å²) in [5, 5.41) is 5.50. The summed E-state index contributed by atoms with van der Waals surface area (Å²) in [6.07, 6.45) is 4.35. The molecule has 2 amide bonds. The van der Waals surface area contributed by atoms with Crippen LogP contribution >= 0.6 is 0 Å². The lowest BCUT2D eigenvalue weighted by molar-refractivity contribution is -0.133. The van der Waals surface area contributed by atoms with E-state index in [9.17, 15) is 19.2 Å². The number of rotatable bonds is 14. The van der Waals surface area contributed by atoms with E-state index in [0.717, 1.165) is 19.1 Å². The van der Waals surface area contributed by atoms with Crippen LogP contribution in [0.1, 0.15) is 80.1 Å². The summed E-state index contributed by atoms with van der Waals surface area (Å²) in [6.45, 7) is 11.4. The molecule has 0 spiro atoms. The lowest BCUT2D eigenvalue weighted by Gasteiger charge is -2.24. The van der Waals surface area contributed by atoms with E-state index in [4.69, 9.17) is 0 Å². The quantitative estimate of drug-likeness (QED) is 0.452. The number of amides is 2. The van der Waals surface area contributed by atoms with E-state index in [1.807, 2.05) is 34.6 Å². The van der Waals surface area contributed by atoms with Gasteiger partial charge in [-0.05, 0) is 31.1 Å². The molecule has 0 bridgehead atoms. The van der Waals surface area contributed by atoms with Gasteiger partial charge in [0.15, 0.2) is 5.78 Å². The number of carbonyl (C=O) groups excluding carboxylic acids is 4. The average molecular weight is 383 g/mol. The van der Waals surface area contributed by atoms with Crippen LogP contribution in [0.15, 0.2) is 0 Å². The Morgan fingerprint density at radius 2 is 1.56 bits per heavy atom. The highest BCUT2D eigenvalue weighted by atomic mass is 16.2. The molecule has 0 aromatic rings. The fourth-order valence-electron chi connectivity index (χ4n) is 3.12. The molecule has 0 aliphatic carbocycles. The number of unbranched alkanes of at least 4 members (excludes halogenated alkanes) is 1. The van der Waals surface area contributed by atoms with Gasteiger partial charge >= 0.3 is 0 Å². The van der Waals surface area contributed by atoms with Crippen LogP contribution in [-0.4, -0.2) is 36.0 Å². The van der Waals surface area contributed by atoms with Crippen LogP contribution in [0.3, 0.4) is 0 Å². The number of ketones is 1. The Morgan fingerprint density at radius 3 is 2.00 bits per heavy atom. The molecular formula is C21H38N2O4. The van der Waals surface area contributed by atoms with Crippen LogP contribution in [0.25, 0.3) is 0 Å². The maximum Gasteiger partial charge on any atom is 0.224 e. The molecule has 156 valence electrons. The van der Waals surface area contributed by atoms with E-state index in [-0.39, 0.29) is 35.9 Å². The molecule has 6 nitrogen and oxygen atoms in total. The van der Waals surface area contributed by atoms with Crippen molar-refractivity contribution in [3.05, 3.63) is 0 Å². The number of Topliss-reactive ketones (excluding diaryl/α,β-unsaturated/α-hetero) is 1. The first-order valence-electron chi connectivity index (χ1n) is 10.2. The van der Waals surface area contributed by atoms with Crippen molar-refractivity contribution < 1.29 is 19.2 Å². The molecule has 0 aliphatic heterocycles. The summed E-state index contributed by atoms with van der Waals surface area (Å²) >= 11 is 0. The van der Waals surface area contributed by atoms with E-state index >= 15 is 0 Å². The van der Waals surface area contributed by atoms with Crippen molar-refractivity contribution in [3.8, 4) is 0 Å². The van der Waals surface area contributed by atoms with Gasteiger partial charge in [0.25, 0.3) is 0 Å². The maximum absolute atomic E-state index is 12.8. The predicted molar refractivity (Wildman–Crippen MR) is 107 cm³/mol. The van der Waals surface area contributed by atoms with Crippen molar-refractivity contribution >= 4 is 23.9 Å². The lowest BCUT2D eigenvalue weighted by Crippen LogP contribution is -2.44. The normalized spacial score (nSPS) is 14.5. The van der Waals surface area contributed by atoms with Gasteiger partial charge in [0.05, 0.1) is 12.1 Å². The van der Waals surface area contributed by atoms with Crippen molar-refractivity contribution in [1.82, 2.24) is 10.6 Å². The number of carbonyl (C=O) groups is 4. The second kappa shape index (κ2) is 13.4. The van der Waals surface area contributed by atoms with E-state index < -0.39 is 18.0 Å². The fraction of sp³-hybridized carbons (Fsp3) is 0.810. The summed E-state index contributed by atoms with van der Waals surface area (Å²) in [5.74, 6) is -0.642. The Labute approximate surface area is 164 Å². The zero-order chi connectivity index (χ0) is 21.0. The maximum atomic E-state index is 12.8. The van der Waals surface area contributed by atoms with Gasteiger partial charge in [-0.2, -0.15) is 0 Å². The molecule has 0 rings (SSSR count). The van der Waals surface area contributed by atoms with Crippen LogP contribution < -0.4 is 10.6 Å². The van der Waals surface area contributed by atoms with Gasteiger partial charge in [-0.25, -0.2) is 0 Å². The first-order chi connectivity index (χ1) is 12.6. The minimum Gasteiger partial charge on any atom is -0.347 e. The monoisotopic (exact) mass is 382 g/mol. The molecule has 3 atom stereocenters. The summed E-state index contributed by atoms with van der Waals surface area (Å²) in [6, 6.07) is -1.09. The third-order valence-electron chi connectivity index (χ3n) is 4.41. The third-order valence-corrected chi connectivity index (χ3v) is 4.41. The second-order valence-electron chi connectivity index (χ2n) is 8.27. The Balaban J connectivity index is 5.14. The molecule has 0 aliphatic rings. The number of nitrogens with one attached hydrogen (secondary N) is 2. The summed E-state index contributed by atoms with van der Waals surface area (Å²) in [5.41, 5.74) is 0. The highest BCUT2D eigenvalue weighted by molar-refractivity contribution is 5.92. The molecule has 0 heterocycles. The molecule has 0 saturated carbocycles. The molecule has 0 fully saturated rings. The van der Waals surface area contributed by atoms with Crippen molar-refractivity contribution in [3.63, 3.8) is 0 Å². The average Bonchev–Trinajstić information content (AvgIpc) is 2.55. The zero-order valence-corrected chi connectivity index (χ0v) is 17.8. The van der Waals surface area contributed by atoms with Gasteiger partial charge in [-0.3, -0.25) is 14.4 Å². The van der Waals surface area contributed by atoms with Gasteiger partial charge in [0.1, 0.15) is 6.29 Å². The summed E-state index contributed by atoms with van der Waals surface area (Å²) < 4.78 is 0. The van der Waals surface area contributed by atoms with E-state index in [1.165, 1.54) is 6.92 Å². The summed E-state index contributed by atoms with van der Waals surface area (Å²) in [4.78, 5) is 48.2. The fourth-order valence-corrected chi connectivity index (χ4v) is 3.12. The van der Waals surface area contributed by atoms with Crippen LogP contribution in [0.4, 0.5) is 0 Å². The summed E-state index contributed by atoms with van der Waals surface area (Å²) in [7, 11) is 0. The van der Waals surface area contributed by atoms with Crippen molar-refractivity contribution in [1.29, 1.82) is 0 Å². The zero-order valence-electron chi connectivity index (χ0n) is 17.8. The molecule has 0 radical (unpaired) electrons. The first kappa shape index (κ1) is 25.3. The molecule has 0 aromatic heterocycles. The smallest absolute Gasteiger partial charge is 0.224 e. The Hall–Kier alpha value is -1.72. The molecule has 6 heteroatoms. The topological polar surface area (TPSA) is 92.3 Å². The number of hydrogen-bond donors (Lipinski definition) is 2. The number of hydrogen-bond acceptors (Lipinski definition) is 4. The van der Waals surface area contributed by atoms with Gasteiger partial charge < -0.3 is 15.4 Å². The van der Waals surface area contributed by atoms with Gasteiger partial charge in [-0.1, -0.05) is 47.5 Å². The largest absolute Gasteiger partial charge is 0.347 e. The molecule has 2 N–H and O–H groups in total. The van der Waals surface area contributed by atoms with E-state index in [0.29, 0.717) is 19.3 Å². The van der Waals surface area contributed by atoms with Crippen LogP contribution in [0, 0.1) is 17.8 Å². The second-order valence-corrected chi connectivity index (χ2v) is 8.27. The molecule has 0 aromatic carbocycles. The first-order valence-corrected chi connectivity index (χ1v) is 10.2. The highest BCUT2D eigenvalue weighted by Crippen LogP contribution is 2.19. The van der Waals surface area contributed by atoms with Crippen LogP contribution in [-0.2, 0) is 19.2 Å². The van der Waals surface area contributed by atoms with E-state index in [2.05, 4.69) is 10.6 Å². The lowest BCUT2D eigenvalue weighted by atomic mass is 9.87. The van der Waals surface area contributed by atoms with Crippen LogP contribution in [0.2, 0.25) is 0 Å². The van der Waals surface area contributed by atoms with Crippen molar-refractivity contribution in [2.24, 2.45) is 17.8 Å². The van der Waals surface area contributed by atoms with Crippen LogP contribution in [0.5, 0.6) is 0 Å². The van der Waals surface area contributed by atoms with Crippen molar-refractivity contribution in [2.45, 2.75) is 92.2 Å². The van der Waals surface area contributed by atoms with Gasteiger partial charge in [-0.15, -0.1) is 0 Å². The minimum absolute atomic E-state index is 0.0705.